The first-order valence-corrected chi connectivity index (χ1v) is 5.91. The number of pyridine rings is 1. The molecule has 1 aromatic carbocycles. The van der Waals surface area contributed by atoms with Gasteiger partial charge in [0, 0.05) is 17.3 Å². The van der Waals surface area contributed by atoms with E-state index in [2.05, 4.69) is 20.3 Å². The lowest BCUT2D eigenvalue weighted by atomic mass is 10.2. The van der Waals surface area contributed by atoms with E-state index in [-0.39, 0.29) is 5.91 Å². The van der Waals surface area contributed by atoms with E-state index in [1.807, 2.05) is 37.3 Å². The number of anilines is 1. The van der Waals surface area contributed by atoms with Crippen molar-refractivity contribution < 1.29 is 4.79 Å². The molecule has 19 heavy (non-hydrogen) atoms. The molecule has 0 fully saturated rings. The fraction of sp³-hybridized carbons (Fsp3) is 0.0714. The SMILES string of the molecule is Cc1[nH]cnc1C(=O)Nc1cccc2cccnc12. The van der Waals surface area contributed by atoms with Crippen LogP contribution in [0, 0.1) is 6.92 Å². The largest absolute Gasteiger partial charge is 0.348 e. The van der Waals surface area contributed by atoms with Crippen molar-refractivity contribution in [2.24, 2.45) is 0 Å². The molecule has 5 heteroatoms. The molecule has 1 amide bonds. The van der Waals surface area contributed by atoms with Gasteiger partial charge in [-0.05, 0) is 19.1 Å². The zero-order chi connectivity index (χ0) is 13.2. The van der Waals surface area contributed by atoms with Gasteiger partial charge in [0.05, 0.1) is 17.5 Å². The van der Waals surface area contributed by atoms with Gasteiger partial charge in [-0.3, -0.25) is 9.78 Å². The van der Waals surface area contributed by atoms with Crippen LogP contribution >= 0.6 is 0 Å². The summed E-state index contributed by atoms with van der Waals surface area (Å²) in [5.41, 5.74) is 2.59. The molecule has 0 aliphatic rings. The number of carbonyl (C=O) groups is 1. The molecule has 0 bridgehead atoms. The van der Waals surface area contributed by atoms with E-state index in [1.165, 1.54) is 6.33 Å². The number of imidazole rings is 1. The minimum Gasteiger partial charge on any atom is -0.348 e. The van der Waals surface area contributed by atoms with Crippen LogP contribution in [-0.4, -0.2) is 20.9 Å². The van der Waals surface area contributed by atoms with Crippen molar-refractivity contribution in [3.05, 3.63) is 54.2 Å². The van der Waals surface area contributed by atoms with Crippen molar-refractivity contribution in [3.8, 4) is 0 Å². The molecule has 0 aliphatic carbocycles. The molecular weight excluding hydrogens is 240 g/mol. The predicted octanol–water partition coefficient (Wildman–Crippen LogP) is 2.52. The molecule has 0 saturated carbocycles. The number of carbonyl (C=O) groups excluding carboxylic acids is 1. The van der Waals surface area contributed by atoms with E-state index in [0.717, 1.165) is 16.6 Å². The first kappa shape index (κ1) is 11.4. The van der Waals surface area contributed by atoms with Crippen molar-refractivity contribution in [3.63, 3.8) is 0 Å². The number of hydrogen-bond acceptors (Lipinski definition) is 3. The van der Waals surface area contributed by atoms with Crippen molar-refractivity contribution >= 4 is 22.5 Å². The Balaban J connectivity index is 1.98. The van der Waals surface area contributed by atoms with Gasteiger partial charge in [0.15, 0.2) is 0 Å². The molecular formula is C14H12N4O. The monoisotopic (exact) mass is 252 g/mol. The second-order valence-corrected chi connectivity index (χ2v) is 4.21. The summed E-state index contributed by atoms with van der Waals surface area (Å²) in [6, 6.07) is 9.49. The molecule has 0 radical (unpaired) electrons. The topological polar surface area (TPSA) is 70.7 Å². The Hall–Kier alpha value is -2.69. The van der Waals surface area contributed by atoms with Crippen molar-refractivity contribution in [1.82, 2.24) is 15.0 Å². The molecule has 2 aromatic heterocycles. The zero-order valence-corrected chi connectivity index (χ0v) is 10.3. The highest BCUT2D eigenvalue weighted by Gasteiger charge is 2.13. The van der Waals surface area contributed by atoms with Crippen LogP contribution in [-0.2, 0) is 0 Å². The van der Waals surface area contributed by atoms with E-state index < -0.39 is 0 Å². The van der Waals surface area contributed by atoms with E-state index in [0.29, 0.717) is 11.4 Å². The fourth-order valence-corrected chi connectivity index (χ4v) is 1.97. The van der Waals surface area contributed by atoms with Crippen LogP contribution in [0.5, 0.6) is 0 Å². The molecule has 0 saturated heterocycles. The third kappa shape index (κ3) is 2.06. The number of aromatic amines is 1. The van der Waals surface area contributed by atoms with Gasteiger partial charge in [-0.15, -0.1) is 0 Å². The first-order chi connectivity index (χ1) is 9.25. The van der Waals surface area contributed by atoms with Crippen LogP contribution in [0.25, 0.3) is 10.9 Å². The van der Waals surface area contributed by atoms with Crippen LogP contribution < -0.4 is 5.32 Å². The third-order valence-corrected chi connectivity index (χ3v) is 2.93. The predicted molar refractivity (Wildman–Crippen MR) is 73.0 cm³/mol. The van der Waals surface area contributed by atoms with Gasteiger partial charge in [0.2, 0.25) is 0 Å². The normalized spacial score (nSPS) is 10.6. The lowest BCUT2D eigenvalue weighted by Crippen LogP contribution is -2.14. The lowest BCUT2D eigenvalue weighted by Gasteiger charge is -2.06. The number of hydrogen-bond donors (Lipinski definition) is 2. The maximum atomic E-state index is 12.1. The average Bonchev–Trinajstić information content (AvgIpc) is 2.85. The highest BCUT2D eigenvalue weighted by atomic mass is 16.1. The number of aromatic nitrogens is 3. The van der Waals surface area contributed by atoms with Gasteiger partial charge in [0.1, 0.15) is 5.69 Å². The van der Waals surface area contributed by atoms with Gasteiger partial charge in [-0.25, -0.2) is 4.98 Å². The van der Waals surface area contributed by atoms with Crippen LogP contribution in [0.15, 0.2) is 42.9 Å². The van der Waals surface area contributed by atoms with E-state index in [1.54, 1.807) is 6.20 Å². The van der Waals surface area contributed by atoms with Gasteiger partial charge in [-0.1, -0.05) is 18.2 Å². The number of nitrogens with one attached hydrogen (secondary N) is 2. The molecule has 0 unspecified atom stereocenters. The molecule has 2 N–H and O–H groups in total. The van der Waals surface area contributed by atoms with E-state index in [4.69, 9.17) is 0 Å². The van der Waals surface area contributed by atoms with E-state index >= 15 is 0 Å². The standard InChI is InChI=1S/C14H12N4O/c1-9-12(17-8-16-9)14(19)18-11-6-2-4-10-5-3-7-15-13(10)11/h2-8H,1H3,(H,16,17)(H,18,19). The summed E-state index contributed by atoms with van der Waals surface area (Å²) in [5.74, 6) is -0.239. The maximum Gasteiger partial charge on any atom is 0.276 e. The second kappa shape index (κ2) is 4.53. The quantitative estimate of drug-likeness (QED) is 0.736. The smallest absolute Gasteiger partial charge is 0.276 e. The number of amides is 1. The summed E-state index contributed by atoms with van der Waals surface area (Å²) < 4.78 is 0. The summed E-state index contributed by atoms with van der Waals surface area (Å²) in [7, 11) is 0. The molecule has 3 aromatic rings. The summed E-state index contributed by atoms with van der Waals surface area (Å²) in [6.45, 7) is 1.81. The summed E-state index contributed by atoms with van der Waals surface area (Å²) in [6.07, 6.45) is 3.21. The Kier molecular flexibility index (Phi) is 2.72. The Labute approximate surface area is 109 Å². The Morgan fingerprint density at radius 1 is 1.21 bits per heavy atom. The highest BCUT2D eigenvalue weighted by molar-refractivity contribution is 6.07. The van der Waals surface area contributed by atoms with Crippen LogP contribution in [0.1, 0.15) is 16.2 Å². The van der Waals surface area contributed by atoms with Gasteiger partial charge >= 0.3 is 0 Å². The molecule has 94 valence electrons. The minimum absolute atomic E-state index is 0.239. The second-order valence-electron chi connectivity index (χ2n) is 4.21. The Morgan fingerprint density at radius 3 is 2.84 bits per heavy atom. The number of benzene rings is 1. The maximum absolute atomic E-state index is 12.1. The molecule has 0 atom stereocenters. The van der Waals surface area contributed by atoms with Crippen LogP contribution in [0.3, 0.4) is 0 Å². The highest BCUT2D eigenvalue weighted by Crippen LogP contribution is 2.21. The van der Waals surface area contributed by atoms with E-state index in [9.17, 15) is 4.79 Å². The third-order valence-electron chi connectivity index (χ3n) is 2.93. The van der Waals surface area contributed by atoms with Gasteiger partial charge < -0.3 is 10.3 Å². The number of para-hydroxylation sites is 1. The van der Waals surface area contributed by atoms with Gasteiger partial charge in [-0.2, -0.15) is 0 Å². The van der Waals surface area contributed by atoms with Crippen molar-refractivity contribution in [2.75, 3.05) is 5.32 Å². The average molecular weight is 252 g/mol. The summed E-state index contributed by atoms with van der Waals surface area (Å²) in [4.78, 5) is 23.3. The van der Waals surface area contributed by atoms with Crippen molar-refractivity contribution in [1.29, 1.82) is 0 Å². The molecule has 3 rings (SSSR count). The zero-order valence-electron chi connectivity index (χ0n) is 10.3. The lowest BCUT2D eigenvalue weighted by molar-refractivity contribution is 0.102. The summed E-state index contributed by atoms with van der Waals surface area (Å²) in [5, 5.41) is 3.83. The number of aryl methyl sites for hydroxylation is 1. The molecule has 0 aliphatic heterocycles. The Bertz CT molecular complexity index is 743. The molecule has 5 nitrogen and oxygen atoms in total. The van der Waals surface area contributed by atoms with Crippen LogP contribution in [0.4, 0.5) is 5.69 Å². The molecule has 2 heterocycles. The minimum atomic E-state index is -0.239. The first-order valence-electron chi connectivity index (χ1n) is 5.91. The number of H-pyrrole nitrogens is 1. The van der Waals surface area contributed by atoms with Crippen molar-refractivity contribution in [2.45, 2.75) is 6.92 Å². The summed E-state index contributed by atoms with van der Waals surface area (Å²) >= 11 is 0. The van der Waals surface area contributed by atoms with Crippen LogP contribution in [0.2, 0.25) is 0 Å². The number of nitrogens with zero attached hydrogens (tertiary/aromatic N) is 2. The fourth-order valence-electron chi connectivity index (χ4n) is 1.97. The number of fused-ring (bicyclic) bond motifs is 1. The Morgan fingerprint density at radius 2 is 2.05 bits per heavy atom. The number of rotatable bonds is 2. The van der Waals surface area contributed by atoms with Gasteiger partial charge in [0.25, 0.3) is 5.91 Å². The molecule has 0 spiro atoms.